The van der Waals surface area contributed by atoms with Gasteiger partial charge in [-0.25, -0.2) is 9.97 Å². The van der Waals surface area contributed by atoms with Crippen LogP contribution >= 0.6 is 0 Å². The topological polar surface area (TPSA) is 38.1 Å². The van der Waals surface area contributed by atoms with E-state index in [1.807, 2.05) is 25.1 Å². The number of aromatic nitrogens is 2. The van der Waals surface area contributed by atoms with Gasteiger partial charge in [0.2, 0.25) is 0 Å². The molecule has 1 aromatic carbocycles. The van der Waals surface area contributed by atoms with Crippen LogP contribution in [0.3, 0.4) is 0 Å². The van der Waals surface area contributed by atoms with Crippen molar-refractivity contribution in [3.05, 3.63) is 138 Å². The summed E-state index contributed by atoms with van der Waals surface area (Å²) in [6.45, 7) is 14.4. The molecule has 0 aliphatic heterocycles. The number of allylic oxidation sites excluding steroid dienone is 15. The highest BCUT2D eigenvalue weighted by molar-refractivity contribution is 5.79. The highest BCUT2D eigenvalue weighted by Crippen LogP contribution is 2.35. The predicted octanol–water partition coefficient (Wildman–Crippen LogP) is 10.0. The second-order valence-corrected chi connectivity index (χ2v) is 11.0. The van der Waals surface area contributed by atoms with Crippen LogP contribution in [0, 0.1) is 11.8 Å². The van der Waals surface area contributed by atoms with Crippen molar-refractivity contribution in [3.63, 3.8) is 0 Å². The smallest absolute Gasteiger partial charge is 0.160 e. The van der Waals surface area contributed by atoms with E-state index in [-0.39, 0.29) is 0 Å². The van der Waals surface area contributed by atoms with E-state index in [0.717, 1.165) is 70.0 Å². The summed E-state index contributed by atoms with van der Waals surface area (Å²) >= 11 is 0. The molecule has 3 aliphatic carbocycles. The molecule has 3 atom stereocenters. The standard InChI is InChI=1S/C38H39N3/c1-6-28(18-15-27(5)32-21-22-35(39-8-3)29(7-2)23-32)38-40-36(31-16-13-26(4)14-17-31)25-37(41-38)34-20-19-30-11-9-10-12-33(30)24-34/h6-13,15,18-25,30-31,33H,1-2,14,16-17H2,3-5H3/b27-15+,28-18+,39-8?. The van der Waals surface area contributed by atoms with Gasteiger partial charge in [-0.2, -0.15) is 0 Å². The van der Waals surface area contributed by atoms with Crippen LogP contribution < -0.4 is 0 Å². The zero-order valence-corrected chi connectivity index (χ0v) is 24.4. The molecule has 0 bridgehead atoms. The van der Waals surface area contributed by atoms with Crippen molar-refractivity contribution in [2.45, 2.75) is 46.0 Å². The maximum atomic E-state index is 5.12. The Morgan fingerprint density at radius 3 is 2.59 bits per heavy atom. The molecule has 0 saturated heterocycles. The molecule has 3 aliphatic rings. The minimum atomic E-state index is 0.358. The maximum absolute atomic E-state index is 5.12. The number of aliphatic imine (C=N–C) groups is 1. The minimum absolute atomic E-state index is 0.358. The van der Waals surface area contributed by atoms with Crippen molar-refractivity contribution < 1.29 is 0 Å². The van der Waals surface area contributed by atoms with Gasteiger partial charge in [0.15, 0.2) is 5.82 Å². The zero-order chi connectivity index (χ0) is 28.8. The normalized spacial score (nSPS) is 22.4. The monoisotopic (exact) mass is 537 g/mol. The quantitative estimate of drug-likeness (QED) is 0.191. The highest BCUT2D eigenvalue weighted by atomic mass is 14.9. The highest BCUT2D eigenvalue weighted by Gasteiger charge is 2.22. The second kappa shape index (κ2) is 12.9. The van der Waals surface area contributed by atoms with Crippen molar-refractivity contribution in [1.82, 2.24) is 9.97 Å². The first-order valence-corrected chi connectivity index (χ1v) is 14.6. The van der Waals surface area contributed by atoms with Gasteiger partial charge in [0, 0.05) is 40.8 Å². The van der Waals surface area contributed by atoms with Crippen LogP contribution in [-0.4, -0.2) is 16.2 Å². The van der Waals surface area contributed by atoms with E-state index < -0.39 is 0 Å². The Bertz CT molecular complexity index is 1590. The fourth-order valence-electron chi connectivity index (χ4n) is 5.60. The molecular formula is C38H39N3. The Morgan fingerprint density at radius 2 is 1.85 bits per heavy atom. The van der Waals surface area contributed by atoms with Crippen molar-refractivity contribution >= 4 is 34.7 Å². The van der Waals surface area contributed by atoms with Crippen LogP contribution in [0.15, 0.2) is 115 Å². The lowest BCUT2D eigenvalue weighted by Crippen LogP contribution is -2.13. The van der Waals surface area contributed by atoms with Gasteiger partial charge in [-0.3, -0.25) is 4.99 Å². The lowest BCUT2D eigenvalue weighted by atomic mass is 9.82. The Hall–Kier alpha value is -4.37. The first-order valence-electron chi connectivity index (χ1n) is 14.6. The molecular weight excluding hydrogens is 498 g/mol. The summed E-state index contributed by atoms with van der Waals surface area (Å²) in [4.78, 5) is 14.7. The molecule has 5 rings (SSSR count). The number of nitrogens with zero attached hydrogens (tertiary/aromatic N) is 3. The van der Waals surface area contributed by atoms with Crippen LogP contribution in [-0.2, 0) is 0 Å². The van der Waals surface area contributed by atoms with Crippen molar-refractivity contribution in [1.29, 1.82) is 0 Å². The Kier molecular flexibility index (Phi) is 8.84. The summed E-state index contributed by atoms with van der Waals surface area (Å²) in [7, 11) is 0. The van der Waals surface area contributed by atoms with E-state index in [2.05, 4.69) is 111 Å². The average Bonchev–Trinajstić information content (AvgIpc) is 3.01. The van der Waals surface area contributed by atoms with Crippen LogP contribution in [0.25, 0.3) is 22.8 Å². The number of hydrogen-bond acceptors (Lipinski definition) is 3. The summed E-state index contributed by atoms with van der Waals surface area (Å²) in [6, 6.07) is 8.47. The van der Waals surface area contributed by atoms with Crippen molar-refractivity contribution in [2.75, 3.05) is 0 Å². The molecule has 2 aromatic rings. The Labute approximate surface area is 245 Å². The molecule has 0 radical (unpaired) electrons. The lowest BCUT2D eigenvalue weighted by Gasteiger charge is -2.24. The van der Waals surface area contributed by atoms with Crippen molar-refractivity contribution in [2.24, 2.45) is 16.8 Å². The first-order chi connectivity index (χ1) is 20.0. The second-order valence-electron chi connectivity index (χ2n) is 11.0. The summed E-state index contributed by atoms with van der Waals surface area (Å²) in [6.07, 6.45) is 31.0. The van der Waals surface area contributed by atoms with E-state index in [9.17, 15) is 0 Å². The Balaban J connectivity index is 1.53. The maximum Gasteiger partial charge on any atom is 0.160 e. The third-order valence-electron chi connectivity index (χ3n) is 8.15. The van der Waals surface area contributed by atoms with Gasteiger partial charge in [0.25, 0.3) is 0 Å². The lowest BCUT2D eigenvalue weighted by molar-refractivity contribution is 0.582. The van der Waals surface area contributed by atoms with E-state index in [1.165, 1.54) is 5.57 Å². The van der Waals surface area contributed by atoms with Crippen LogP contribution in [0.1, 0.15) is 74.3 Å². The molecule has 0 saturated carbocycles. The summed E-state index contributed by atoms with van der Waals surface area (Å²) in [5.41, 5.74) is 9.80. The third kappa shape index (κ3) is 6.52. The van der Waals surface area contributed by atoms with E-state index >= 15 is 0 Å². The molecule has 206 valence electrons. The van der Waals surface area contributed by atoms with Gasteiger partial charge in [-0.15, -0.1) is 0 Å². The molecule has 0 amide bonds. The third-order valence-corrected chi connectivity index (χ3v) is 8.15. The summed E-state index contributed by atoms with van der Waals surface area (Å²) < 4.78 is 0. The zero-order valence-electron chi connectivity index (χ0n) is 24.4. The molecule has 0 N–H and O–H groups in total. The molecule has 1 aromatic heterocycles. The molecule has 0 fully saturated rings. The Morgan fingerprint density at radius 1 is 1.02 bits per heavy atom. The molecule has 41 heavy (non-hydrogen) atoms. The van der Waals surface area contributed by atoms with Crippen molar-refractivity contribution in [3.8, 4) is 0 Å². The molecule has 1 heterocycles. The van der Waals surface area contributed by atoms with Gasteiger partial charge in [-0.05, 0) is 74.9 Å². The number of rotatable bonds is 8. The molecule has 0 spiro atoms. The summed E-state index contributed by atoms with van der Waals surface area (Å²) in [5, 5.41) is 0. The SMILES string of the molecule is C=C/C(=C\C=C(/C)c1ccc(N=CC)c(C=C)c1)c1nc(C2=CC3C=CC=CC3C=C2)cc(C2CC=C(C)CC2)n1. The fraction of sp³-hybridized carbons (Fsp3) is 0.237. The number of hydrogen-bond donors (Lipinski definition) is 0. The van der Waals surface area contributed by atoms with Crippen LogP contribution in [0.5, 0.6) is 0 Å². The fourth-order valence-corrected chi connectivity index (χ4v) is 5.60. The first kappa shape index (κ1) is 28.2. The largest absolute Gasteiger partial charge is 0.261 e. The molecule has 3 heteroatoms. The number of fused-ring (bicyclic) bond motifs is 1. The van der Waals surface area contributed by atoms with E-state index in [1.54, 1.807) is 6.21 Å². The predicted molar refractivity (Wildman–Crippen MR) is 177 cm³/mol. The van der Waals surface area contributed by atoms with E-state index in [4.69, 9.17) is 9.97 Å². The average molecular weight is 538 g/mol. The van der Waals surface area contributed by atoms with Crippen LogP contribution in [0.2, 0.25) is 0 Å². The van der Waals surface area contributed by atoms with Gasteiger partial charge in [0.1, 0.15) is 0 Å². The van der Waals surface area contributed by atoms with Gasteiger partial charge in [0.05, 0.1) is 11.4 Å². The summed E-state index contributed by atoms with van der Waals surface area (Å²) in [5.74, 6) is 1.88. The van der Waals surface area contributed by atoms with E-state index in [0.29, 0.717) is 17.8 Å². The van der Waals surface area contributed by atoms with Crippen LogP contribution in [0.4, 0.5) is 5.69 Å². The van der Waals surface area contributed by atoms with Gasteiger partial charge in [-0.1, -0.05) is 97.7 Å². The number of benzene rings is 1. The minimum Gasteiger partial charge on any atom is -0.261 e. The van der Waals surface area contributed by atoms with Gasteiger partial charge < -0.3 is 0 Å². The van der Waals surface area contributed by atoms with Gasteiger partial charge >= 0.3 is 0 Å². The molecule has 3 unspecified atom stereocenters. The molecule has 3 nitrogen and oxygen atoms in total.